The van der Waals surface area contributed by atoms with Gasteiger partial charge in [0.1, 0.15) is 17.6 Å². The summed E-state index contributed by atoms with van der Waals surface area (Å²) in [4.78, 5) is 0. The second-order valence-corrected chi connectivity index (χ2v) is 6.89. The van der Waals surface area contributed by atoms with E-state index < -0.39 is 0 Å². The van der Waals surface area contributed by atoms with E-state index in [-0.39, 0.29) is 11.7 Å². The topological polar surface area (TPSA) is 53.7 Å². The molecule has 0 aliphatic carbocycles. The summed E-state index contributed by atoms with van der Waals surface area (Å²) in [7, 11) is 1.67. The summed E-state index contributed by atoms with van der Waals surface area (Å²) in [6.45, 7) is 1.28. The molecule has 2 unspecified atom stereocenters. The third kappa shape index (κ3) is 3.47. The second-order valence-electron chi connectivity index (χ2n) is 5.79. The minimum absolute atomic E-state index is 0.0448. The summed E-state index contributed by atoms with van der Waals surface area (Å²) in [6.07, 6.45) is 3.29. The van der Waals surface area contributed by atoms with Crippen LogP contribution < -0.4 is 15.2 Å². The molecule has 2 N–H and O–H groups in total. The third-order valence-electron chi connectivity index (χ3n) is 4.23. The molecule has 21 heavy (non-hydrogen) atoms. The van der Waals surface area contributed by atoms with Gasteiger partial charge in [0.15, 0.2) is 0 Å². The highest BCUT2D eigenvalue weighted by molar-refractivity contribution is 7.99. The third-order valence-corrected chi connectivity index (χ3v) is 5.45. The molecule has 5 heteroatoms. The molecule has 0 bridgehead atoms. The number of thioether (sulfide) groups is 1. The molecule has 2 fully saturated rings. The smallest absolute Gasteiger partial charge is 0.123 e. The average molecular weight is 309 g/mol. The first-order valence-corrected chi connectivity index (χ1v) is 8.65. The fraction of sp³-hybridized carbons (Fsp3) is 0.625. The first-order chi connectivity index (χ1) is 10.2. The highest BCUT2D eigenvalue weighted by Gasteiger charge is 2.41. The van der Waals surface area contributed by atoms with Crippen molar-refractivity contribution in [2.24, 2.45) is 5.73 Å². The Morgan fingerprint density at radius 1 is 1.38 bits per heavy atom. The van der Waals surface area contributed by atoms with Crippen molar-refractivity contribution in [1.82, 2.24) is 0 Å². The lowest BCUT2D eigenvalue weighted by Crippen LogP contribution is -2.43. The Hall–Kier alpha value is -0.910. The van der Waals surface area contributed by atoms with Gasteiger partial charge in [-0.3, -0.25) is 0 Å². The van der Waals surface area contributed by atoms with Gasteiger partial charge in [-0.25, -0.2) is 0 Å². The van der Waals surface area contributed by atoms with Crippen molar-refractivity contribution >= 4 is 11.8 Å². The molecule has 1 aromatic rings. The summed E-state index contributed by atoms with van der Waals surface area (Å²) < 4.78 is 17.6. The van der Waals surface area contributed by atoms with Gasteiger partial charge in [-0.1, -0.05) is 0 Å². The van der Waals surface area contributed by atoms with Crippen molar-refractivity contribution in [3.63, 3.8) is 0 Å². The zero-order valence-corrected chi connectivity index (χ0v) is 13.3. The van der Waals surface area contributed by atoms with Crippen molar-refractivity contribution in [2.45, 2.75) is 37.5 Å². The molecule has 4 nitrogen and oxygen atoms in total. The molecule has 0 aromatic heterocycles. The van der Waals surface area contributed by atoms with E-state index in [0.717, 1.165) is 48.7 Å². The fourth-order valence-electron chi connectivity index (χ4n) is 3.07. The van der Waals surface area contributed by atoms with Crippen molar-refractivity contribution in [3.8, 4) is 11.5 Å². The van der Waals surface area contributed by atoms with E-state index in [1.54, 1.807) is 7.11 Å². The molecule has 1 spiro atoms. The van der Waals surface area contributed by atoms with Crippen LogP contribution in [0.15, 0.2) is 18.2 Å². The van der Waals surface area contributed by atoms with E-state index in [1.165, 1.54) is 5.75 Å². The van der Waals surface area contributed by atoms with E-state index in [0.29, 0.717) is 6.54 Å². The first-order valence-electron chi connectivity index (χ1n) is 7.49. The predicted molar refractivity (Wildman–Crippen MR) is 85.2 cm³/mol. The zero-order valence-electron chi connectivity index (χ0n) is 12.5. The Labute approximate surface area is 130 Å². The van der Waals surface area contributed by atoms with E-state index in [4.69, 9.17) is 19.9 Å². The summed E-state index contributed by atoms with van der Waals surface area (Å²) in [5, 5.41) is 0. The molecular formula is C16H23NO3S. The molecule has 1 aromatic carbocycles. The lowest BCUT2D eigenvalue weighted by Gasteiger charge is -2.37. The highest BCUT2D eigenvalue weighted by Crippen LogP contribution is 2.39. The minimum atomic E-state index is 0.0448. The molecule has 2 heterocycles. The maximum absolute atomic E-state index is 6.20. The molecule has 116 valence electrons. The average Bonchev–Trinajstić information content (AvgIpc) is 2.94. The van der Waals surface area contributed by atoms with Crippen LogP contribution in [0.3, 0.4) is 0 Å². The van der Waals surface area contributed by atoms with E-state index in [2.05, 4.69) is 0 Å². The van der Waals surface area contributed by atoms with Gasteiger partial charge >= 0.3 is 0 Å². The zero-order chi connectivity index (χ0) is 14.7. The summed E-state index contributed by atoms with van der Waals surface area (Å²) in [5.41, 5.74) is 6.81. The van der Waals surface area contributed by atoms with Gasteiger partial charge < -0.3 is 19.9 Å². The Bertz CT molecular complexity index is 466. The van der Waals surface area contributed by atoms with E-state index >= 15 is 0 Å². The predicted octanol–water partition coefficient (Wildman–Crippen LogP) is 2.59. The standard InChI is InChI=1S/C16H23NO3S/c1-18-14-6-12(10-17)7-15(8-14)20-13-2-4-19-16(9-13)3-5-21-11-16/h6-8,13H,2-5,9-11,17H2,1H3. The van der Waals surface area contributed by atoms with Crippen LogP contribution in [0.2, 0.25) is 0 Å². The molecule has 2 atom stereocenters. The van der Waals surface area contributed by atoms with E-state index in [9.17, 15) is 0 Å². The van der Waals surface area contributed by atoms with Gasteiger partial charge in [0.05, 0.1) is 19.3 Å². The van der Waals surface area contributed by atoms with Crippen LogP contribution in [0.1, 0.15) is 24.8 Å². The van der Waals surface area contributed by atoms with Crippen molar-refractivity contribution in [1.29, 1.82) is 0 Å². The van der Waals surface area contributed by atoms with Gasteiger partial charge in [0.2, 0.25) is 0 Å². The van der Waals surface area contributed by atoms with Crippen LogP contribution in [0.25, 0.3) is 0 Å². The number of benzene rings is 1. The highest BCUT2D eigenvalue weighted by atomic mass is 32.2. The van der Waals surface area contributed by atoms with Gasteiger partial charge in [-0.2, -0.15) is 11.8 Å². The van der Waals surface area contributed by atoms with Crippen LogP contribution in [-0.4, -0.2) is 36.9 Å². The Kier molecular flexibility index (Phi) is 4.62. The van der Waals surface area contributed by atoms with Gasteiger partial charge in [-0.05, 0) is 29.9 Å². The van der Waals surface area contributed by atoms with Crippen molar-refractivity contribution in [3.05, 3.63) is 23.8 Å². The molecule has 0 saturated carbocycles. The van der Waals surface area contributed by atoms with E-state index in [1.807, 2.05) is 30.0 Å². The van der Waals surface area contributed by atoms with Crippen LogP contribution in [0.5, 0.6) is 11.5 Å². The lowest BCUT2D eigenvalue weighted by atomic mass is 9.91. The van der Waals surface area contributed by atoms with Crippen LogP contribution >= 0.6 is 11.8 Å². The number of hydrogen-bond donors (Lipinski definition) is 1. The molecule has 2 aliphatic heterocycles. The first kappa shape index (κ1) is 15.0. The lowest BCUT2D eigenvalue weighted by molar-refractivity contribution is -0.0959. The number of ether oxygens (including phenoxy) is 3. The summed E-state index contributed by atoms with van der Waals surface area (Å²) in [5.74, 6) is 3.94. The molecule has 0 amide bonds. The largest absolute Gasteiger partial charge is 0.497 e. The van der Waals surface area contributed by atoms with Crippen LogP contribution in [0.4, 0.5) is 0 Å². The maximum atomic E-state index is 6.20. The molecule has 2 aliphatic rings. The Morgan fingerprint density at radius 2 is 2.24 bits per heavy atom. The number of nitrogens with two attached hydrogens (primary N) is 1. The molecule has 2 saturated heterocycles. The summed E-state index contributed by atoms with van der Waals surface area (Å²) in [6, 6.07) is 5.89. The fourth-order valence-corrected chi connectivity index (χ4v) is 4.45. The number of hydrogen-bond acceptors (Lipinski definition) is 5. The number of rotatable bonds is 4. The van der Waals surface area contributed by atoms with Gasteiger partial charge in [0.25, 0.3) is 0 Å². The monoisotopic (exact) mass is 309 g/mol. The van der Waals surface area contributed by atoms with Gasteiger partial charge in [0, 0.05) is 31.2 Å². The van der Waals surface area contributed by atoms with Crippen LogP contribution in [-0.2, 0) is 11.3 Å². The van der Waals surface area contributed by atoms with Gasteiger partial charge in [-0.15, -0.1) is 0 Å². The summed E-state index contributed by atoms with van der Waals surface area (Å²) >= 11 is 1.98. The second kappa shape index (κ2) is 6.46. The molecule has 0 radical (unpaired) electrons. The van der Waals surface area contributed by atoms with Crippen molar-refractivity contribution < 1.29 is 14.2 Å². The van der Waals surface area contributed by atoms with Crippen molar-refractivity contribution in [2.75, 3.05) is 25.2 Å². The molecule has 3 rings (SSSR count). The number of methoxy groups -OCH3 is 1. The Balaban J connectivity index is 1.70. The SMILES string of the molecule is COc1cc(CN)cc(OC2CCOC3(CCSC3)C2)c1. The van der Waals surface area contributed by atoms with Crippen LogP contribution in [0, 0.1) is 0 Å². The normalized spacial score (nSPS) is 28.8. The quantitative estimate of drug-likeness (QED) is 0.926. The minimum Gasteiger partial charge on any atom is -0.497 e. The maximum Gasteiger partial charge on any atom is 0.123 e. The Morgan fingerprint density at radius 3 is 2.95 bits per heavy atom. The molecular weight excluding hydrogens is 286 g/mol.